The van der Waals surface area contributed by atoms with E-state index in [1.165, 1.54) is 5.56 Å². The van der Waals surface area contributed by atoms with Crippen molar-refractivity contribution in [3.05, 3.63) is 40.2 Å². The number of hydrogen-bond acceptors (Lipinski definition) is 4. The highest BCUT2D eigenvalue weighted by molar-refractivity contribution is 9.10. The zero-order valence-electron chi connectivity index (χ0n) is 11.7. The highest BCUT2D eigenvalue weighted by Crippen LogP contribution is 2.25. The van der Waals surface area contributed by atoms with E-state index in [0.29, 0.717) is 17.0 Å². The van der Waals surface area contributed by atoms with Gasteiger partial charge >= 0.3 is 0 Å². The molecule has 0 fully saturated rings. The van der Waals surface area contributed by atoms with Gasteiger partial charge in [0.2, 0.25) is 0 Å². The van der Waals surface area contributed by atoms with Crippen molar-refractivity contribution >= 4 is 27.7 Å². The highest BCUT2D eigenvalue weighted by Gasteiger charge is 2.23. The molecule has 0 unspecified atom stereocenters. The molecule has 1 heterocycles. The lowest BCUT2D eigenvalue weighted by atomic mass is 10.0. The van der Waals surface area contributed by atoms with Crippen LogP contribution in [0, 0.1) is 5.92 Å². The first-order chi connectivity index (χ1) is 9.60. The standard InChI is InChI=1S/C14H18BrN3OS/c1-3-9(2)12(16)13-17-18-14(19-13)20-8-10-4-6-11(15)7-5-10/h4-7,9,12H,3,8,16H2,1-2H3/p+1/t9-,12+/m1/s1. The molecule has 2 rings (SSSR count). The molecule has 0 spiro atoms. The molecule has 0 amide bonds. The van der Waals surface area contributed by atoms with Crippen molar-refractivity contribution in [2.75, 3.05) is 0 Å². The number of aromatic nitrogens is 2. The van der Waals surface area contributed by atoms with Crippen LogP contribution in [-0.2, 0) is 5.75 Å². The van der Waals surface area contributed by atoms with Gasteiger partial charge in [0.1, 0.15) is 0 Å². The normalized spacial score (nSPS) is 14.2. The van der Waals surface area contributed by atoms with Crippen molar-refractivity contribution in [1.82, 2.24) is 10.2 Å². The summed E-state index contributed by atoms with van der Waals surface area (Å²) >= 11 is 4.98. The molecule has 108 valence electrons. The maximum Gasteiger partial charge on any atom is 0.277 e. The number of halogens is 1. The summed E-state index contributed by atoms with van der Waals surface area (Å²) in [4.78, 5) is 0. The van der Waals surface area contributed by atoms with E-state index in [1.807, 2.05) is 12.1 Å². The van der Waals surface area contributed by atoms with Crippen LogP contribution in [0.5, 0.6) is 0 Å². The highest BCUT2D eigenvalue weighted by atomic mass is 79.9. The van der Waals surface area contributed by atoms with E-state index in [4.69, 9.17) is 4.42 Å². The molecule has 2 aromatic rings. The summed E-state index contributed by atoms with van der Waals surface area (Å²) in [5.41, 5.74) is 5.34. The van der Waals surface area contributed by atoms with E-state index in [1.54, 1.807) is 11.8 Å². The molecule has 0 saturated heterocycles. The zero-order chi connectivity index (χ0) is 14.5. The third kappa shape index (κ3) is 4.07. The van der Waals surface area contributed by atoms with Gasteiger partial charge in [-0.1, -0.05) is 53.7 Å². The fraction of sp³-hybridized carbons (Fsp3) is 0.429. The Kier molecular flexibility index (Phi) is 5.63. The number of nitrogens with zero attached hydrogens (tertiary/aromatic N) is 2. The third-order valence-corrected chi connectivity index (χ3v) is 4.76. The molecular formula is C14H19BrN3OS+. The lowest BCUT2D eigenvalue weighted by Crippen LogP contribution is -2.56. The second-order valence-corrected chi connectivity index (χ2v) is 6.66. The van der Waals surface area contributed by atoms with Crippen LogP contribution in [-0.4, -0.2) is 10.2 Å². The predicted octanol–water partition coefficient (Wildman–Crippen LogP) is 3.45. The monoisotopic (exact) mass is 356 g/mol. The lowest BCUT2D eigenvalue weighted by molar-refractivity contribution is -0.444. The van der Waals surface area contributed by atoms with E-state index in [0.717, 1.165) is 16.6 Å². The Balaban J connectivity index is 1.94. The van der Waals surface area contributed by atoms with E-state index in [9.17, 15) is 0 Å². The van der Waals surface area contributed by atoms with E-state index >= 15 is 0 Å². The minimum atomic E-state index is 0.0644. The summed E-state index contributed by atoms with van der Waals surface area (Å²) < 4.78 is 6.77. The molecule has 3 N–H and O–H groups in total. The largest absolute Gasteiger partial charge is 0.410 e. The van der Waals surface area contributed by atoms with Gasteiger partial charge in [0, 0.05) is 16.1 Å². The average molecular weight is 357 g/mol. The Morgan fingerprint density at radius 3 is 2.65 bits per heavy atom. The molecule has 4 nitrogen and oxygen atoms in total. The average Bonchev–Trinajstić information content (AvgIpc) is 2.94. The van der Waals surface area contributed by atoms with Crippen molar-refractivity contribution in [2.45, 2.75) is 37.3 Å². The molecule has 0 radical (unpaired) electrons. The number of thioether (sulfide) groups is 1. The van der Waals surface area contributed by atoms with Gasteiger partial charge in [0.15, 0.2) is 6.04 Å². The number of hydrogen-bond donors (Lipinski definition) is 1. The van der Waals surface area contributed by atoms with Crippen LogP contribution in [0.3, 0.4) is 0 Å². The van der Waals surface area contributed by atoms with Crippen molar-refractivity contribution in [3.63, 3.8) is 0 Å². The zero-order valence-corrected chi connectivity index (χ0v) is 14.1. The van der Waals surface area contributed by atoms with Crippen LogP contribution in [0.1, 0.15) is 37.8 Å². The first-order valence-electron chi connectivity index (χ1n) is 6.64. The van der Waals surface area contributed by atoms with Crippen molar-refractivity contribution < 1.29 is 10.2 Å². The van der Waals surface area contributed by atoms with Gasteiger partial charge in [0.05, 0.1) is 0 Å². The van der Waals surface area contributed by atoms with Crippen LogP contribution >= 0.6 is 27.7 Å². The van der Waals surface area contributed by atoms with E-state index in [2.05, 4.69) is 57.8 Å². The molecule has 0 saturated carbocycles. The van der Waals surface area contributed by atoms with Gasteiger partial charge in [-0.2, -0.15) is 0 Å². The van der Waals surface area contributed by atoms with E-state index in [-0.39, 0.29) is 6.04 Å². The third-order valence-electron chi connectivity index (χ3n) is 3.35. The quantitative estimate of drug-likeness (QED) is 0.804. The van der Waals surface area contributed by atoms with Gasteiger partial charge in [-0.05, 0) is 24.1 Å². The van der Waals surface area contributed by atoms with Gasteiger partial charge < -0.3 is 10.2 Å². The molecule has 1 aromatic carbocycles. The Morgan fingerprint density at radius 2 is 2.00 bits per heavy atom. The van der Waals surface area contributed by atoms with Crippen LogP contribution in [0.15, 0.2) is 38.4 Å². The maximum absolute atomic E-state index is 5.68. The molecule has 0 aliphatic rings. The lowest BCUT2D eigenvalue weighted by Gasteiger charge is -2.09. The van der Waals surface area contributed by atoms with Crippen LogP contribution < -0.4 is 5.73 Å². The van der Waals surface area contributed by atoms with Gasteiger partial charge in [-0.3, -0.25) is 0 Å². The summed E-state index contributed by atoms with van der Waals surface area (Å²) in [6.45, 7) is 4.29. The molecule has 0 aliphatic heterocycles. The molecule has 20 heavy (non-hydrogen) atoms. The first kappa shape index (κ1) is 15.5. The summed E-state index contributed by atoms with van der Waals surface area (Å²) in [6, 6.07) is 8.29. The molecule has 1 aromatic heterocycles. The Hall–Kier alpha value is -0.850. The minimum Gasteiger partial charge on any atom is -0.410 e. The van der Waals surface area contributed by atoms with Crippen LogP contribution in [0.4, 0.5) is 0 Å². The fourth-order valence-electron chi connectivity index (χ4n) is 1.68. The number of rotatable bonds is 6. The van der Waals surface area contributed by atoms with E-state index < -0.39 is 0 Å². The van der Waals surface area contributed by atoms with Crippen LogP contribution in [0.25, 0.3) is 0 Å². The van der Waals surface area contributed by atoms with Gasteiger partial charge in [-0.15, -0.1) is 10.2 Å². The summed E-state index contributed by atoms with van der Waals surface area (Å²) in [5.74, 6) is 1.90. The first-order valence-corrected chi connectivity index (χ1v) is 8.41. The SMILES string of the molecule is CC[C@@H](C)[C@H]([NH3+])c1nnc(SCc2ccc(Br)cc2)o1. The van der Waals surface area contributed by atoms with Crippen molar-refractivity contribution in [3.8, 4) is 0 Å². The Morgan fingerprint density at radius 1 is 1.30 bits per heavy atom. The second-order valence-electron chi connectivity index (χ2n) is 4.81. The Labute approximate surface area is 131 Å². The predicted molar refractivity (Wildman–Crippen MR) is 83.1 cm³/mol. The smallest absolute Gasteiger partial charge is 0.277 e. The fourth-order valence-corrected chi connectivity index (χ4v) is 2.67. The van der Waals surface area contributed by atoms with Crippen molar-refractivity contribution in [2.24, 2.45) is 5.92 Å². The molecule has 6 heteroatoms. The van der Waals surface area contributed by atoms with Crippen molar-refractivity contribution in [1.29, 1.82) is 0 Å². The Bertz CT molecular complexity index is 544. The topological polar surface area (TPSA) is 66.6 Å². The van der Waals surface area contributed by atoms with Crippen LogP contribution in [0.2, 0.25) is 0 Å². The number of quaternary nitrogens is 1. The minimum absolute atomic E-state index is 0.0644. The molecule has 0 bridgehead atoms. The molecule has 0 aliphatic carbocycles. The molecular weight excluding hydrogens is 338 g/mol. The summed E-state index contributed by atoms with van der Waals surface area (Å²) in [7, 11) is 0. The summed E-state index contributed by atoms with van der Waals surface area (Å²) in [6.07, 6.45) is 1.05. The second kappa shape index (κ2) is 7.24. The van der Waals surface area contributed by atoms with Gasteiger partial charge in [0.25, 0.3) is 11.1 Å². The maximum atomic E-state index is 5.68. The molecule has 2 atom stereocenters. The van der Waals surface area contributed by atoms with Gasteiger partial charge in [-0.25, -0.2) is 0 Å². The number of benzene rings is 1. The summed E-state index contributed by atoms with van der Waals surface area (Å²) in [5, 5.41) is 8.80.